The molecule has 78 valence electrons. The van der Waals surface area contributed by atoms with Gasteiger partial charge in [-0.05, 0) is 18.2 Å². The Morgan fingerprint density at radius 1 is 1.13 bits per heavy atom. The largest absolute Gasteiger partial charge is 0.297 e. The number of nitrogens with zero attached hydrogens (tertiary/aromatic N) is 1. The minimum atomic E-state index is -3.76. The van der Waals surface area contributed by atoms with Gasteiger partial charge < -0.3 is 0 Å². The molecule has 2 rings (SSSR count). The van der Waals surface area contributed by atoms with Gasteiger partial charge in [0.25, 0.3) is 10.2 Å². The zero-order valence-corrected chi connectivity index (χ0v) is 8.53. The average Bonchev–Trinajstić information content (AvgIpc) is 2.15. The average molecular weight is 223 g/mol. The van der Waals surface area contributed by atoms with Crippen molar-refractivity contribution in [2.24, 2.45) is 5.14 Å². The minimum absolute atomic E-state index is 0.219. The van der Waals surface area contributed by atoms with Crippen molar-refractivity contribution in [3.63, 3.8) is 0 Å². The number of rotatable bonds is 2. The highest BCUT2D eigenvalue weighted by Crippen LogP contribution is 2.14. The second-order valence-electron chi connectivity index (χ2n) is 3.04. The molecule has 0 atom stereocenters. The van der Waals surface area contributed by atoms with E-state index in [1.807, 2.05) is 18.2 Å². The van der Waals surface area contributed by atoms with Crippen molar-refractivity contribution in [2.45, 2.75) is 0 Å². The molecule has 0 saturated heterocycles. The van der Waals surface area contributed by atoms with Crippen molar-refractivity contribution in [1.29, 1.82) is 0 Å². The number of aromatic nitrogens is 1. The van der Waals surface area contributed by atoms with Gasteiger partial charge in [-0.2, -0.15) is 8.42 Å². The summed E-state index contributed by atoms with van der Waals surface area (Å²) < 4.78 is 23.6. The highest BCUT2D eigenvalue weighted by Gasteiger charge is 2.03. The van der Waals surface area contributed by atoms with Crippen LogP contribution in [0.5, 0.6) is 0 Å². The van der Waals surface area contributed by atoms with Crippen LogP contribution in [0, 0.1) is 0 Å². The Bertz CT molecular complexity index is 595. The van der Waals surface area contributed by atoms with E-state index in [1.54, 1.807) is 18.2 Å². The maximum absolute atomic E-state index is 10.8. The summed E-state index contributed by atoms with van der Waals surface area (Å²) in [5, 5.41) is 5.77. The highest BCUT2D eigenvalue weighted by molar-refractivity contribution is 7.90. The summed E-state index contributed by atoms with van der Waals surface area (Å²) in [6.07, 6.45) is 0. The number of hydrogen-bond acceptors (Lipinski definition) is 3. The molecule has 0 unspecified atom stereocenters. The molecule has 0 fully saturated rings. The van der Waals surface area contributed by atoms with Crippen LogP contribution in [-0.4, -0.2) is 13.4 Å². The molecule has 0 spiro atoms. The van der Waals surface area contributed by atoms with Crippen LogP contribution in [0.3, 0.4) is 0 Å². The lowest BCUT2D eigenvalue weighted by atomic mass is 10.2. The van der Waals surface area contributed by atoms with Crippen molar-refractivity contribution in [3.8, 4) is 0 Å². The number of nitrogens with two attached hydrogens (primary N) is 1. The Hall–Kier alpha value is -1.66. The van der Waals surface area contributed by atoms with E-state index in [0.29, 0.717) is 5.52 Å². The Morgan fingerprint density at radius 3 is 2.60 bits per heavy atom. The fraction of sp³-hybridized carbons (Fsp3) is 0. The fourth-order valence-electron chi connectivity index (χ4n) is 1.27. The van der Waals surface area contributed by atoms with Crippen LogP contribution in [-0.2, 0) is 10.2 Å². The summed E-state index contributed by atoms with van der Waals surface area (Å²) in [4.78, 5) is 4.09. The SMILES string of the molecule is NS(=O)(=O)Nc1ccc2ccccc2n1. The summed E-state index contributed by atoms with van der Waals surface area (Å²) in [6, 6.07) is 10.7. The number of fused-ring (bicyclic) bond motifs is 1. The monoisotopic (exact) mass is 223 g/mol. The molecular formula is C9H9N3O2S. The van der Waals surface area contributed by atoms with Crippen LogP contribution >= 0.6 is 0 Å². The zero-order chi connectivity index (χ0) is 10.9. The molecule has 15 heavy (non-hydrogen) atoms. The summed E-state index contributed by atoms with van der Waals surface area (Å²) in [5.41, 5.74) is 0.714. The molecule has 0 aliphatic carbocycles. The molecule has 0 aliphatic rings. The Balaban J connectivity index is 2.48. The summed E-state index contributed by atoms with van der Waals surface area (Å²) >= 11 is 0. The van der Waals surface area contributed by atoms with Gasteiger partial charge in [-0.25, -0.2) is 10.1 Å². The fourth-order valence-corrected chi connectivity index (χ4v) is 1.67. The third-order valence-electron chi connectivity index (χ3n) is 1.85. The first-order valence-corrected chi connectivity index (χ1v) is 5.75. The Kier molecular flexibility index (Phi) is 2.29. The Morgan fingerprint density at radius 2 is 1.87 bits per heavy atom. The van der Waals surface area contributed by atoms with Gasteiger partial charge in [0, 0.05) is 5.39 Å². The van der Waals surface area contributed by atoms with Crippen LogP contribution in [0.4, 0.5) is 5.82 Å². The molecule has 1 heterocycles. The molecule has 3 N–H and O–H groups in total. The van der Waals surface area contributed by atoms with E-state index in [2.05, 4.69) is 9.71 Å². The lowest BCUT2D eigenvalue weighted by Crippen LogP contribution is -2.22. The molecular weight excluding hydrogens is 214 g/mol. The van der Waals surface area contributed by atoms with Crippen molar-refractivity contribution >= 4 is 26.9 Å². The van der Waals surface area contributed by atoms with E-state index in [1.165, 1.54) is 0 Å². The minimum Gasteiger partial charge on any atom is -0.255 e. The number of hydrogen-bond donors (Lipinski definition) is 2. The van der Waals surface area contributed by atoms with Gasteiger partial charge in [-0.3, -0.25) is 4.72 Å². The summed E-state index contributed by atoms with van der Waals surface area (Å²) in [7, 11) is -3.76. The van der Waals surface area contributed by atoms with Gasteiger partial charge in [0.1, 0.15) is 5.82 Å². The topological polar surface area (TPSA) is 85.1 Å². The molecule has 1 aromatic heterocycles. The predicted octanol–water partition coefficient (Wildman–Crippen LogP) is 0.850. The molecule has 1 aromatic carbocycles. The first-order chi connectivity index (χ1) is 7.04. The van der Waals surface area contributed by atoms with Crippen molar-refractivity contribution in [1.82, 2.24) is 4.98 Å². The predicted molar refractivity (Wildman–Crippen MR) is 58.5 cm³/mol. The number of pyridine rings is 1. The van der Waals surface area contributed by atoms with Gasteiger partial charge >= 0.3 is 0 Å². The van der Waals surface area contributed by atoms with Crippen LogP contribution in [0.2, 0.25) is 0 Å². The summed E-state index contributed by atoms with van der Waals surface area (Å²) in [5.74, 6) is 0.219. The number of nitrogens with one attached hydrogen (secondary N) is 1. The van der Waals surface area contributed by atoms with E-state index in [9.17, 15) is 8.42 Å². The highest BCUT2D eigenvalue weighted by atomic mass is 32.2. The molecule has 0 amide bonds. The third kappa shape index (κ3) is 2.42. The van der Waals surface area contributed by atoms with E-state index in [4.69, 9.17) is 5.14 Å². The molecule has 0 radical (unpaired) electrons. The zero-order valence-electron chi connectivity index (χ0n) is 7.71. The Labute approximate surface area is 87.1 Å². The number of anilines is 1. The molecule has 0 aliphatic heterocycles. The van der Waals surface area contributed by atoms with E-state index in [-0.39, 0.29) is 5.82 Å². The second-order valence-corrected chi connectivity index (χ2v) is 4.33. The van der Waals surface area contributed by atoms with Crippen LogP contribution in [0.25, 0.3) is 10.9 Å². The van der Waals surface area contributed by atoms with Crippen molar-refractivity contribution in [2.75, 3.05) is 4.72 Å². The van der Waals surface area contributed by atoms with Gasteiger partial charge in [0.05, 0.1) is 5.52 Å². The lowest BCUT2D eigenvalue weighted by molar-refractivity contribution is 0.602. The molecule has 2 aromatic rings. The first-order valence-electron chi connectivity index (χ1n) is 4.21. The first kappa shape index (κ1) is 9.88. The number of benzene rings is 1. The van der Waals surface area contributed by atoms with E-state index >= 15 is 0 Å². The van der Waals surface area contributed by atoms with Crippen LogP contribution in [0.15, 0.2) is 36.4 Å². The van der Waals surface area contributed by atoms with Gasteiger partial charge in [0.2, 0.25) is 0 Å². The van der Waals surface area contributed by atoms with Gasteiger partial charge in [0.15, 0.2) is 0 Å². The van der Waals surface area contributed by atoms with Gasteiger partial charge in [-0.15, -0.1) is 0 Å². The maximum Gasteiger partial charge on any atom is 0.297 e. The summed E-state index contributed by atoms with van der Waals surface area (Å²) in [6.45, 7) is 0. The van der Waals surface area contributed by atoms with E-state index in [0.717, 1.165) is 5.39 Å². The smallest absolute Gasteiger partial charge is 0.255 e. The van der Waals surface area contributed by atoms with Crippen molar-refractivity contribution < 1.29 is 8.42 Å². The van der Waals surface area contributed by atoms with E-state index < -0.39 is 10.2 Å². The molecule has 0 saturated carbocycles. The molecule has 6 heteroatoms. The standard InChI is InChI=1S/C9H9N3O2S/c10-15(13,14)12-9-6-5-7-3-1-2-4-8(7)11-9/h1-6H,(H,11,12)(H2,10,13,14). The normalized spacial score (nSPS) is 11.5. The molecule has 5 nitrogen and oxygen atoms in total. The third-order valence-corrected chi connectivity index (χ3v) is 2.34. The quantitative estimate of drug-likeness (QED) is 0.791. The maximum atomic E-state index is 10.8. The molecule has 0 bridgehead atoms. The van der Waals surface area contributed by atoms with Crippen LogP contribution in [0.1, 0.15) is 0 Å². The van der Waals surface area contributed by atoms with Gasteiger partial charge in [-0.1, -0.05) is 18.2 Å². The van der Waals surface area contributed by atoms with Crippen LogP contribution < -0.4 is 9.86 Å². The lowest BCUT2D eigenvalue weighted by Gasteiger charge is -2.03. The number of para-hydroxylation sites is 1. The second kappa shape index (κ2) is 3.48. The van der Waals surface area contributed by atoms with Crippen molar-refractivity contribution in [3.05, 3.63) is 36.4 Å².